The maximum Gasteiger partial charge on any atom is 0.387 e. The Kier molecular flexibility index (Phi) is 8.02. The highest BCUT2D eigenvalue weighted by atomic mass is 19.3. The standard InChI is InChI=1S/C24H32F4O/c1-16-6-8-17(9-7-16)4-2-3-5-18-10-12-19(13-11-18)20-14-21(25)23(22(26)15-20)29-24(27)28/h2,4,14-19,24H,3,5-13H2,1H3/b4-2+. The average molecular weight is 413 g/mol. The summed E-state index contributed by atoms with van der Waals surface area (Å²) < 4.78 is 56.4. The third-order valence-corrected chi connectivity index (χ3v) is 6.76. The van der Waals surface area contributed by atoms with Gasteiger partial charge >= 0.3 is 6.61 Å². The predicted octanol–water partition coefficient (Wildman–Crippen LogP) is 8.00. The number of halogens is 4. The van der Waals surface area contributed by atoms with E-state index in [-0.39, 0.29) is 5.92 Å². The van der Waals surface area contributed by atoms with Crippen LogP contribution < -0.4 is 4.74 Å². The van der Waals surface area contributed by atoms with Crippen LogP contribution in [-0.4, -0.2) is 6.61 Å². The summed E-state index contributed by atoms with van der Waals surface area (Å²) in [4.78, 5) is 0. The normalized spacial score (nSPS) is 28.2. The molecule has 1 aromatic rings. The molecule has 0 aromatic heterocycles. The van der Waals surface area contributed by atoms with Crippen LogP contribution in [0.25, 0.3) is 0 Å². The van der Waals surface area contributed by atoms with Gasteiger partial charge in [0.2, 0.25) is 0 Å². The Labute approximate surface area is 171 Å². The summed E-state index contributed by atoms with van der Waals surface area (Å²) in [7, 11) is 0. The van der Waals surface area contributed by atoms with E-state index in [2.05, 4.69) is 23.8 Å². The summed E-state index contributed by atoms with van der Waals surface area (Å²) in [6.07, 6.45) is 16.2. The number of alkyl halides is 2. The van der Waals surface area contributed by atoms with Crippen LogP contribution in [0.5, 0.6) is 5.75 Å². The molecule has 0 spiro atoms. The zero-order valence-corrected chi connectivity index (χ0v) is 17.2. The van der Waals surface area contributed by atoms with E-state index in [0.717, 1.165) is 62.5 Å². The molecule has 0 heterocycles. The first-order valence-electron chi connectivity index (χ1n) is 11.0. The second-order valence-electron chi connectivity index (χ2n) is 8.94. The van der Waals surface area contributed by atoms with E-state index >= 15 is 0 Å². The molecule has 0 saturated heterocycles. The number of hydrogen-bond acceptors (Lipinski definition) is 1. The molecule has 2 aliphatic rings. The van der Waals surface area contributed by atoms with Gasteiger partial charge < -0.3 is 4.74 Å². The average Bonchev–Trinajstić information content (AvgIpc) is 2.69. The minimum atomic E-state index is -3.24. The predicted molar refractivity (Wildman–Crippen MR) is 107 cm³/mol. The Morgan fingerprint density at radius 2 is 1.59 bits per heavy atom. The van der Waals surface area contributed by atoms with Gasteiger partial charge in [0, 0.05) is 0 Å². The molecule has 0 N–H and O–H groups in total. The summed E-state index contributed by atoms with van der Waals surface area (Å²) in [6, 6.07) is 2.30. The van der Waals surface area contributed by atoms with Crippen molar-refractivity contribution in [2.24, 2.45) is 17.8 Å². The van der Waals surface area contributed by atoms with Crippen LogP contribution in [0.4, 0.5) is 17.6 Å². The van der Waals surface area contributed by atoms with Crippen molar-refractivity contribution >= 4 is 0 Å². The molecule has 2 aliphatic carbocycles. The van der Waals surface area contributed by atoms with Crippen molar-refractivity contribution in [3.63, 3.8) is 0 Å². The lowest BCUT2D eigenvalue weighted by atomic mass is 9.77. The van der Waals surface area contributed by atoms with E-state index in [1.807, 2.05) is 0 Å². The third kappa shape index (κ3) is 6.48. The number of benzene rings is 1. The third-order valence-electron chi connectivity index (χ3n) is 6.76. The SMILES string of the molecule is CC1CCC(/C=C/CCC2CCC(c3cc(F)c(OC(F)F)c(F)c3)CC2)CC1. The number of rotatable bonds is 7. The second-order valence-corrected chi connectivity index (χ2v) is 8.94. The van der Waals surface area contributed by atoms with Gasteiger partial charge in [-0.05, 0) is 92.7 Å². The highest BCUT2D eigenvalue weighted by Crippen LogP contribution is 2.39. The zero-order chi connectivity index (χ0) is 20.8. The molecule has 0 bridgehead atoms. The van der Waals surface area contributed by atoms with E-state index in [4.69, 9.17) is 0 Å². The Balaban J connectivity index is 1.43. The van der Waals surface area contributed by atoms with Gasteiger partial charge in [-0.15, -0.1) is 0 Å². The highest BCUT2D eigenvalue weighted by molar-refractivity contribution is 5.33. The van der Waals surface area contributed by atoms with Gasteiger partial charge in [-0.25, -0.2) is 8.78 Å². The molecule has 0 radical (unpaired) electrons. The van der Waals surface area contributed by atoms with Gasteiger partial charge in [0.1, 0.15) is 0 Å². The highest BCUT2D eigenvalue weighted by Gasteiger charge is 2.25. The molecule has 1 aromatic carbocycles. The molecule has 0 atom stereocenters. The number of ether oxygens (including phenoxy) is 1. The first kappa shape index (κ1) is 22.2. The van der Waals surface area contributed by atoms with Gasteiger partial charge in [0.15, 0.2) is 17.4 Å². The van der Waals surface area contributed by atoms with Crippen molar-refractivity contribution < 1.29 is 22.3 Å². The Hall–Kier alpha value is -1.52. The van der Waals surface area contributed by atoms with Crippen LogP contribution in [-0.2, 0) is 0 Å². The van der Waals surface area contributed by atoms with Gasteiger partial charge in [-0.2, -0.15) is 8.78 Å². The Bertz CT molecular complexity index is 648. The first-order chi connectivity index (χ1) is 13.9. The molecule has 29 heavy (non-hydrogen) atoms. The second kappa shape index (κ2) is 10.5. The fourth-order valence-corrected chi connectivity index (χ4v) is 4.90. The molecule has 0 unspecified atom stereocenters. The van der Waals surface area contributed by atoms with Crippen LogP contribution in [0.3, 0.4) is 0 Å². The largest absolute Gasteiger partial charge is 0.429 e. The topological polar surface area (TPSA) is 9.23 Å². The molecular formula is C24H32F4O. The lowest BCUT2D eigenvalue weighted by Gasteiger charge is -2.29. The van der Waals surface area contributed by atoms with Crippen LogP contribution >= 0.6 is 0 Å². The number of hydrogen-bond donors (Lipinski definition) is 0. The van der Waals surface area contributed by atoms with E-state index in [9.17, 15) is 17.6 Å². The van der Waals surface area contributed by atoms with Crippen molar-refractivity contribution in [2.45, 2.75) is 83.7 Å². The minimum Gasteiger partial charge on any atom is -0.429 e. The first-order valence-corrected chi connectivity index (χ1v) is 11.0. The maximum absolute atomic E-state index is 14.0. The molecule has 162 valence electrons. The summed E-state index contributed by atoms with van der Waals surface area (Å²) in [6.45, 7) is -0.902. The van der Waals surface area contributed by atoms with Crippen molar-refractivity contribution in [3.05, 3.63) is 41.5 Å². The lowest BCUT2D eigenvalue weighted by Crippen LogP contribution is -2.14. The van der Waals surface area contributed by atoms with E-state index < -0.39 is 24.0 Å². The molecule has 0 amide bonds. The van der Waals surface area contributed by atoms with Crippen LogP contribution in [0.15, 0.2) is 24.3 Å². The van der Waals surface area contributed by atoms with E-state index in [0.29, 0.717) is 11.5 Å². The number of allylic oxidation sites excluding steroid dienone is 2. The maximum atomic E-state index is 14.0. The molecule has 2 fully saturated rings. The summed E-state index contributed by atoms with van der Waals surface area (Å²) in [5.74, 6) is -0.728. The quantitative estimate of drug-likeness (QED) is 0.326. The van der Waals surface area contributed by atoms with Crippen molar-refractivity contribution in [2.75, 3.05) is 0 Å². The van der Waals surface area contributed by atoms with Crippen molar-refractivity contribution in [1.29, 1.82) is 0 Å². The van der Waals surface area contributed by atoms with Gasteiger partial charge in [-0.1, -0.05) is 31.9 Å². The van der Waals surface area contributed by atoms with Crippen LogP contribution in [0.2, 0.25) is 0 Å². The molecule has 0 aliphatic heterocycles. The molecule has 1 nitrogen and oxygen atoms in total. The van der Waals surface area contributed by atoms with Gasteiger partial charge in [0.05, 0.1) is 0 Å². The summed E-state index contributed by atoms with van der Waals surface area (Å²) in [5.41, 5.74) is 0.548. The minimum absolute atomic E-state index is 0.0793. The van der Waals surface area contributed by atoms with E-state index in [1.54, 1.807) is 0 Å². The lowest BCUT2D eigenvalue weighted by molar-refractivity contribution is -0.0546. The molecular weight excluding hydrogens is 380 g/mol. The zero-order valence-electron chi connectivity index (χ0n) is 17.2. The van der Waals surface area contributed by atoms with Crippen molar-refractivity contribution in [3.8, 4) is 5.75 Å². The fraction of sp³-hybridized carbons (Fsp3) is 0.667. The van der Waals surface area contributed by atoms with Crippen molar-refractivity contribution in [1.82, 2.24) is 0 Å². The molecule has 5 heteroatoms. The van der Waals surface area contributed by atoms with Gasteiger partial charge in [0.25, 0.3) is 0 Å². The Morgan fingerprint density at radius 3 is 2.17 bits per heavy atom. The van der Waals surface area contributed by atoms with Crippen LogP contribution in [0.1, 0.15) is 82.6 Å². The van der Waals surface area contributed by atoms with Crippen LogP contribution in [0, 0.1) is 29.4 Å². The molecule has 3 rings (SSSR count). The fourth-order valence-electron chi connectivity index (χ4n) is 4.90. The monoisotopic (exact) mass is 412 g/mol. The Morgan fingerprint density at radius 1 is 0.966 bits per heavy atom. The summed E-state index contributed by atoms with van der Waals surface area (Å²) >= 11 is 0. The summed E-state index contributed by atoms with van der Waals surface area (Å²) in [5, 5.41) is 0. The van der Waals surface area contributed by atoms with Gasteiger partial charge in [-0.3, -0.25) is 0 Å². The molecule has 2 saturated carbocycles. The van der Waals surface area contributed by atoms with E-state index in [1.165, 1.54) is 25.7 Å². The smallest absolute Gasteiger partial charge is 0.387 e.